The Kier molecular flexibility index (Phi) is 5.51. The Hall–Kier alpha value is -1.22. The van der Waals surface area contributed by atoms with Crippen molar-refractivity contribution in [2.45, 2.75) is 58.5 Å². The van der Waals surface area contributed by atoms with Crippen molar-refractivity contribution in [1.82, 2.24) is 5.32 Å². The molecule has 0 bridgehead atoms. The lowest BCUT2D eigenvalue weighted by Crippen LogP contribution is -2.35. The fourth-order valence-corrected chi connectivity index (χ4v) is 2.76. The first-order chi connectivity index (χ1) is 9.99. The topological polar surface area (TPSA) is 30.5 Å². The van der Waals surface area contributed by atoms with Gasteiger partial charge in [-0.05, 0) is 45.6 Å². The van der Waals surface area contributed by atoms with E-state index in [0.29, 0.717) is 5.92 Å². The van der Waals surface area contributed by atoms with Crippen LogP contribution in [-0.2, 0) is 6.54 Å². The maximum absolute atomic E-state index is 6.14. The molecular weight excluding hydrogens is 262 g/mol. The zero-order valence-corrected chi connectivity index (χ0v) is 13.9. The van der Waals surface area contributed by atoms with Crippen LogP contribution in [0.4, 0.5) is 0 Å². The van der Waals surface area contributed by atoms with Gasteiger partial charge in [0.1, 0.15) is 0 Å². The summed E-state index contributed by atoms with van der Waals surface area (Å²) in [7, 11) is 1.71. The lowest BCUT2D eigenvalue weighted by molar-refractivity contribution is 0.237. The van der Waals surface area contributed by atoms with Gasteiger partial charge in [0.05, 0.1) is 13.7 Å². The second-order valence-electron chi connectivity index (χ2n) is 7.01. The number of para-hydroxylation sites is 1. The quantitative estimate of drug-likeness (QED) is 0.854. The van der Waals surface area contributed by atoms with Gasteiger partial charge >= 0.3 is 0 Å². The molecule has 0 radical (unpaired) electrons. The average Bonchev–Trinajstić information content (AvgIpc) is 2.95. The van der Waals surface area contributed by atoms with Crippen molar-refractivity contribution in [2.75, 3.05) is 13.7 Å². The summed E-state index contributed by atoms with van der Waals surface area (Å²) in [5.74, 6) is 2.45. The smallest absolute Gasteiger partial charge is 0.165 e. The highest BCUT2D eigenvalue weighted by molar-refractivity contribution is 5.46. The van der Waals surface area contributed by atoms with Crippen LogP contribution in [0, 0.1) is 5.92 Å². The summed E-state index contributed by atoms with van der Waals surface area (Å²) in [5, 5.41) is 3.52. The molecule has 118 valence electrons. The Morgan fingerprint density at radius 1 is 1.19 bits per heavy atom. The van der Waals surface area contributed by atoms with Crippen LogP contribution < -0.4 is 14.8 Å². The van der Waals surface area contributed by atoms with Crippen molar-refractivity contribution in [3.8, 4) is 11.5 Å². The Balaban J connectivity index is 2.07. The molecule has 0 aliphatic heterocycles. The first kappa shape index (κ1) is 16.2. The van der Waals surface area contributed by atoms with E-state index in [1.165, 1.54) is 31.2 Å². The highest BCUT2D eigenvalue weighted by Crippen LogP contribution is 2.33. The minimum absolute atomic E-state index is 0.0891. The molecule has 1 aliphatic rings. The minimum Gasteiger partial charge on any atom is -0.493 e. The first-order valence-corrected chi connectivity index (χ1v) is 8.03. The highest BCUT2D eigenvalue weighted by Gasteiger charge is 2.19. The zero-order valence-electron chi connectivity index (χ0n) is 13.9. The van der Waals surface area contributed by atoms with Crippen molar-refractivity contribution in [3.63, 3.8) is 0 Å². The van der Waals surface area contributed by atoms with Gasteiger partial charge in [0.25, 0.3) is 0 Å². The monoisotopic (exact) mass is 291 g/mol. The molecule has 3 nitrogen and oxygen atoms in total. The van der Waals surface area contributed by atoms with Gasteiger partial charge in [-0.3, -0.25) is 0 Å². The van der Waals surface area contributed by atoms with E-state index in [1.54, 1.807) is 7.11 Å². The van der Waals surface area contributed by atoms with Crippen LogP contribution in [-0.4, -0.2) is 19.3 Å². The molecule has 1 aromatic rings. The molecule has 1 aromatic carbocycles. The summed E-state index contributed by atoms with van der Waals surface area (Å²) in [6.45, 7) is 8.12. The van der Waals surface area contributed by atoms with Crippen molar-refractivity contribution < 1.29 is 9.47 Å². The second kappa shape index (κ2) is 7.17. The van der Waals surface area contributed by atoms with E-state index in [0.717, 1.165) is 24.7 Å². The molecule has 21 heavy (non-hydrogen) atoms. The molecular formula is C18H29NO2. The zero-order chi connectivity index (χ0) is 15.3. The lowest BCUT2D eigenvalue weighted by atomic mass is 10.1. The normalized spacial score (nSPS) is 16.2. The molecule has 0 aromatic heterocycles. The highest BCUT2D eigenvalue weighted by atomic mass is 16.5. The van der Waals surface area contributed by atoms with E-state index < -0.39 is 0 Å². The van der Waals surface area contributed by atoms with Crippen LogP contribution in [0.5, 0.6) is 11.5 Å². The molecule has 0 unspecified atom stereocenters. The number of hydrogen-bond donors (Lipinski definition) is 1. The van der Waals surface area contributed by atoms with E-state index in [4.69, 9.17) is 9.47 Å². The van der Waals surface area contributed by atoms with E-state index >= 15 is 0 Å². The maximum atomic E-state index is 6.14. The molecule has 1 N–H and O–H groups in total. The van der Waals surface area contributed by atoms with E-state index in [9.17, 15) is 0 Å². The number of benzene rings is 1. The third kappa shape index (κ3) is 4.92. The first-order valence-electron chi connectivity index (χ1n) is 8.03. The third-order valence-electron chi connectivity index (χ3n) is 4.03. The largest absolute Gasteiger partial charge is 0.493 e. The Labute approximate surface area is 129 Å². The van der Waals surface area contributed by atoms with Crippen LogP contribution in [0.3, 0.4) is 0 Å². The van der Waals surface area contributed by atoms with Gasteiger partial charge in [-0.15, -0.1) is 0 Å². The predicted octanol–water partition coefficient (Wildman–Crippen LogP) is 4.15. The van der Waals surface area contributed by atoms with Crippen LogP contribution in [0.1, 0.15) is 52.0 Å². The summed E-state index contributed by atoms with van der Waals surface area (Å²) >= 11 is 0. The van der Waals surface area contributed by atoms with E-state index in [2.05, 4.69) is 32.2 Å². The van der Waals surface area contributed by atoms with Gasteiger partial charge < -0.3 is 14.8 Å². The molecule has 2 rings (SSSR count). The van der Waals surface area contributed by atoms with E-state index in [1.807, 2.05) is 12.1 Å². The average molecular weight is 291 g/mol. The molecule has 1 fully saturated rings. The van der Waals surface area contributed by atoms with Crippen LogP contribution in [0.2, 0.25) is 0 Å². The predicted molar refractivity (Wildman–Crippen MR) is 87.0 cm³/mol. The second-order valence-corrected chi connectivity index (χ2v) is 7.01. The number of ether oxygens (including phenoxy) is 2. The number of methoxy groups -OCH3 is 1. The molecule has 0 heterocycles. The molecule has 0 spiro atoms. The maximum Gasteiger partial charge on any atom is 0.165 e. The SMILES string of the molecule is COc1cccc(CNC(C)(C)C)c1OCC1CCCC1. The summed E-state index contributed by atoms with van der Waals surface area (Å²) in [5.41, 5.74) is 1.26. The summed E-state index contributed by atoms with van der Waals surface area (Å²) in [6.07, 6.45) is 5.28. The van der Waals surface area contributed by atoms with Gasteiger partial charge in [-0.25, -0.2) is 0 Å². The minimum atomic E-state index is 0.0891. The van der Waals surface area contributed by atoms with Crippen molar-refractivity contribution >= 4 is 0 Å². The number of nitrogens with one attached hydrogen (secondary N) is 1. The number of hydrogen-bond acceptors (Lipinski definition) is 3. The standard InChI is InChI=1S/C18H29NO2/c1-18(2,3)19-12-15-10-7-11-16(20-4)17(15)21-13-14-8-5-6-9-14/h7,10-11,14,19H,5-6,8-9,12-13H2,1-4H3. The molecule has 0 saturated heterocycles. The van der Waals surface area contributed by atoms with Crippen LogP contribution in [0.25, 0.3) is 0 Å². The summed E-state index contributed by atoms with van der Waals surface area (Å²) in [4.78, 5) is 0. The lowest BCUT2D eigenvalue weighted by Gasteiger charge is -2.23. The Morgan fingerprint density at radius 2 is 1.90 bits per heavy atom. The molecule has 3 heteroatoms. The Morgan fingerprint density at radius 3 is 2.52 bits per heavy atom. The third-order valence-corrected chi connectivity index (χ3v) is 4.03. The molecule has 0 amide bonds. The van der Waals surface area contributed by atoms with Gasteiger partial charge in [-0.2, -0.15) is 0 Å². The van der Waals surface area contributed by atoms with Crippen molar-refractivity contribution in [3.05, 3.63) is 23.8 Å². The summed E-state index contributed by atoms with van der Waals surface area (Å²) in [6, 6.07) is 6.12. The Bertz CT molecular complexity index is 445. The van der Waals surface area contributed by atoms with Crippen LogP contribution >= 0.6 is 0 Å². The fourth-order valence-electron chi connectivity index (χ4n) is 2.76. The van der Waals surface area contributed by atoms with Gasteiger partial charge in [0.15, 0.2) is 11.5 Å². The van der Waals surface area contributed by atoms with Crippen LogP contribution in [0.15, 0.2) is 18.2 Å². The molecule has 1 saturated carbocycles. The fraction of sp³-hybridized carbons (Fsp3) is 0.667. The summed E-state index contributed by atoms with van der Waals surface area (Å²) < 4.78 is 11.6. The number of rotatable bonds is 6. The molecule has 1 aliphatic carbocycles. The van der Waals surface area contributed by atoms with Crippen molar-refractivity contribution in [1.29, 1.82) is 0 Å². The van der Waals surface area contributed by atoms with E-state index in [-0.39, 0.29) is 5.54 Å². The van der Waals surface area contributed by atoms with Gasteiger partial charge in [0.2, 0.25) is 0 Å². The van der Waals surface area contributed by atoms with Gasteiger partial charge in [-0.1, -0.05) is 25.0 Å². The molecule has 0 atom stereocenters. The van der Waals surface area contributed by atoms with Gasteiger partial charge in [0, 0.05) is 17.6 Å². The van der Waals surface area contributed by atoms with Crippen molar-refractivity contribution in [2.24, 2.45) is 5.92 Å².